The minimum absolute atomic E-state index is 0.133. The molecule has 28 heavy (non-hydrogen) atoms. The molecule has 0 aliphatic heterocycles. The zero-order chi connectivity index (χ0) is 19.8. The maximum Gasteiger partial charge on any atom is 0.315 e. The predicted molar refractivity (Wildman–Crippen MR) is 106 cm³/mol. The van der Waals surface area contributed by atoms with Gasteiger partial charge in [0.2, 0.25) is 5.88 Å². The molecule has 0 unspecified atom stereocenters. The summed E-state index contributed by atoms with van der Waals surface area (Å²) in [6.07, 6.45) is 6.54. The summed E-state index contributed by atoms with van der Waals surface area (Å²) in [4.78, 5) is 27.8. The van der Waals surface area contributed by atoms with E-state index < -0.39 is 0 Å². The third kappa shape index (κ3) is 5.70. The van der Waals surface area contributed by atoms with Crippen LogP contribution in [0.3, 0.4) is 0 Å². The third-order valence-corrected chi connectivity index (χ3v) is 4.74. The highest BCUT2D eigenvalue weighted by atomic mass is 16.5. The van der Waals surface area contributed by atoms with Crippen molar-refractivity contribution in [3.63, 3.8) is 0 Å². The van der Waals surface area contributed by atoms with E-state index in [1.54, 1.807) is 25.4 Å². The molecular weight excluding hydrogens is 356 g/mol. The van der Waals surface area contributed by atoms with Crippen LogP contribution in [-0.2, 0) is 13.1 Å². The van der Waals surface area contributed by atoms with Crippen LogP contribution in [0.1, 0.15) is 47.2 Å². The number of rotatable bonds is 7. The van der Waals surface area contributed by atoms with E-state index in [1.807, 2.05) is 24.3 Å². The lowest BCUT2D eigenvalue weighted by molar-refractivity contribution is 0.0963. The van der Waals surface area contributed by atoms with Crippen molar-refractivity contribution >= 4 is 11.9 Å². The highest BCUT2D eigenvalue weighted by Gasteiger charge is 2.17. The van der Waals surface area contributed by atoms with Crippen LogP contribution in [-0.4, -0.2) is 30.1 Å². The summed E-state index contributed by atoms with van der Waals surface area (Å²) in [5.41, 5.74) is 2.44. The van der Waals surface area contributed by atoms with Crippen molar-refractivity contribution in [1.29, 1.82) is 0 Å². The maximum absolute atomic E-state index is 12.0. The summed E-state index contributed by atoms with van der Waals surface area (Å²) >= 11 is 0. The lowest BCUT2D eigenvalue weighted by atomic mass is 10.1. The van der Waals surface area contributed by atoms with Gasteiger partial charge in [-0.05, 0) is 55.0 Å². The second-order valence-electron chi connectivity index (χ2n) is 6.84. The number of urea groups is 1. The largest absolute Gasteiger partial charge is 0.474 e. The van der Waals surface area contributed by atoms with Crippen LogP contribution in [0.25, 0.3) is 0 Å². The molecule has 1 aliphatic carbocycles. The molecule has 0 radical (unpaired) electrons. The molecule has 0 atom stereocenters. The topological polar surface area (TPSA) is 92.4 Å². The van der Waals surface area contributed by atoms with Crippen molar-refractivity contribution in [2.45, 2.75) is 44.9 Å². The molecule has 3 rings (SSSR count). The molecule has 148 valence electrons. The predicted octanol–water partition coefficient (Wildman–Crippen LogP) is 2.76. The Bertz CT molecular complexity index is 802. The molecule has 0 bridgehead atoms. The zero-order valence-electron chi connectivity index (χ0n) is 16.0. The molecule has 7 heteroatoms. The Morgan fingerprint density at radius 3 is 2.39 bits per heavy atom. The summed E-state index contributed by atoms with van der Waals surface area (Å²) in [5.74, 6) is 0.480. The zero-order valence-corrected chi connectivity index (χ0v) is 16.0. The third-order valence-electron chi connectivity index (χ3n) is 4.74. The average Bonchev–Trinajstić information content (AvgIpc) is 3.24. The van der Waals surface area contributed by atoms with Crippen molar-refractivity contribution in [2.24, 2.45) is 0 Å². The van der Waals surface area contributed by atoms with Gasteiger partial charge in [0.1, 0.15) is 6.10 Å². The summed E-state index contributed by atoms with van der Waals surface area (Å²) in [5, 5.41) is 8.21. The molecule has 7 nitrogen and oxygen atoms in total. The van der Waals surface area contributed by atoms with Crippen molar-refractivity contribution in [3.05, 3.63) is 59.3 Å². The van der Waals surface area contributed by atoms with E-state index >= 15 is 0 Å². The van der Waals surface area contributed by atoms with Crippen molar-refractivity contribution in [3.8, 4) is 5.88 Å². The molecule has 0 saturated heterocycles. The lowest BCUT2D eigenvalue weighted by Crippen LogP contribution is -2.34. The smallest absolute Gasteiger partial charge is 0.315 e. The highest BCUT2D eigenvalue weighted by molar-refractivity contribution is 5.93. The first kappa shape index (κ1) is 19.7. The van der Waals surface area contributed by atoms with Gasteiger partial charge in [-0.3, -0.25) is 4.79 Å². The van der Waals surface area contributed by atoms with Gasteiger partial charge in [-0.25, -0.2) is 9.78 Å². The number of hydrogen-bond acceptors (Lipinski definition) is 4. The number of ether oxygens (including phenoxy) is 1. The summed E-state index contributed by atoms with van der Waals surface area (Å²) < 4.78 is 5.89. The Morgan fingerprint density at radius 1 is 1.04 bits per heavy atom. The monoisotopic (exact) mass is 382 g/mol. The Labute approximate surface area is 164 Å². The first-order valence-electron chi connectivity index (χ1n) is 9.58. The number of pyridine rings is 1. The Balaban J connectivity index is 1.43. The van der Waals surface area contributed by atoms with E-state index in [2.05, 4.69) is 20.9 Å². The minimum atomic E-state index is -0.259. The van der Waals surface area contributed by atoms with E-state index in [4.69, 9.17) is 4.74 Å². The average molecular weight is 382 g/mol. The van der Waals surface area contributed by atoms with Gasteiger partial charge < -0.3 is 20.7 Å². The number of nitrogens with one attached hydrogen (secondary N) is 3. The molecule has 1 heterocycles. The second kappa shape index (κ2) is 9.73. The Hall–Kier alpha value is -3.09. The van der Waals surface area contributed by atoms with Crippen LogP contribution in [0.15, 0.2) is 42.6 Å². The van der Waals surface area contributed by atoms with Crippen molar-refractivity contribution in [2.75, 3.05) is 7.05 Å². The number of hydrogen-bond donors (Lipinski definition) is 3. The van der Waals surface area contributed by atoms with Gasteiger partial charge >= 0.3 is 6.03 Å². The van der Waals surface area contributed by atoms with Crippen LogP contribution in [0, 0.1) is 0 Å². The SMILES string of the molecule is CNC(=O)c1ccc(CNC(=O)NCc2ccnc(OC3CCCC3)c2)cc1. The normalized spacial score (nSPS) is 13.8. The Kier molecular flexibility index (Phi) is 6.84. The van der Waals surface area contributed by atoms with E-state index in [1.165, 1.54) is 12.8 Å². The van der Waals surface area contributed by atoms with E-state index in [-0.39, 0.29) is 18.0 Å². The molecule has 3 N–H and O–H groups in total. The summed E-state index contributed by atoms with van der Waals surface area (Å²) in [6, 6.07) is 10.6. The fourth-order valence-electron chi connectivity index (χ4n) is 3.15. The molecule has 1 saturated carbocycles. The number of carbonyl (C=O) groups excluding carboxylic acids is 2. The Morgan fingerprint density at radius 2 is 1.71 bits per heavy atom. The first-order valence-corrected chi connectivity index (χ1v) is 9.58. The molecule has 1 aromatic carbocycles. The molecule has 1 aliphatic rings. The van der Waals surface area contributed by atoms with Gasteiger partial charge in [0, 0.05) is 38.0 Å². The second-order valence-corrected chi connectivity index (χ2v) is 6.84. The molecule has 0 spiro atoms. The standard InChI is InChI=1S/C21H26N4O3/c1-22-20(26)17-8-6-15(7-9-17)13-24-21(27)25-14-16-10-11-23-19(12-16)28-18-4-2-3-5-18/h6-12,18H,2-5,13-14H2,1H3,(H,22,26)(H2,24,25,27). The summed E-state index contributed by atoms with van der Waals surface area (Å²) in [7, 11) is 1.59. The quantitative estimate of drug-likeness (QED) is 0.687. The highest BCUT2D eigenvalue weighted by Crippen LogP contribution is 2.23. The van der Waals surface area contributed by atoms with Crippen LogP contribution in [0.2, 0.25) is 0 Å². The number of aromatic nitrogens is 1. The molecule has 2 aromatic rings. The van der Waals surface area contributed by atoms with Gasteiger partial charge in [0.15, 0.2) is 0 Å². The van der Waals surface area contributed by atoms with Crippen molar-refractivity contribution in [1.82, 2.24) is 20.9 Å². The number of nitrogens with zero attached hydrogens (tertiary/aromatic N) is 1. The van der Waals surface area contributed by atoms with Gasteiger partial charge in [-0.1, -0.05) is 12.1 Å². The van der Waals surface area contributed by atoms with Gasteiger partial charge in [-0.2, -0.15) is 0 Å². The van der Waals surface area contributed by atoms with Gasteiger partial charge in [0.25, 0.3) is 5.91 Å². The first-order chi connectivity index (χ1) is 13.6. The lowest BCUT2D eigenvalue weighted by Gasteiger charge is -2.13. The molecule has 3 amide bonds. The van der Waals surface area contributed by atoms with Crippen LogP contribution in [0.5, 0.6) is 5.88 Å². The molecule has 1 fully saturated rings. The van der Waals surface area contributed by atoms with E-state index in [0.29, 0.717) is 24.5 Å². The molecular formula is C21H26N4O3. The van der Waals surface area contributed by atoms with Gasteiger partial charge in [-0.15, -0.1) is 0 Å². The van der Waals surface area contributed by atoms with E-state index in [9.17, 15) is 9.59 Å². The fraction of sp³-hybridized carbons (Fsp3) is 0.381. The molecule has 1 aromatic heterocycles. The minimum Gasteiger partial charge on any atom is -0.474 e. The van der Waals surface area contributed by atoms with Crippen LogP contribution >= 0.6 is 0 Å². The number of amides is 3. The number of benzene rings is 1. The van der Waals surface area contributed by atoms with Crippen LogP contribution in [0.4, 0.5) is 4.79 Å². The van der Waals surface area contributed by atoms with E-state index in [0.717, 1.165) is 24.0 Å². The number of carbonyl (C=O) groups is 2. The van der Waals surface area contributed by atoms with Crippen molar-refractivity contribution < 1.29 is 14.3 Å². The fourth-order valence-corrected chi connectivity index (χ4v) is 3.15. The summed E-state index contributed by atoms with van der Waals surface area (Å²) in [6.45, 7) is 0.775. The maximum atomic E-state index is 12.0. The van der Waals surface area contributed by atoms with Gasteiger partial charge in [0.05, 0.1) is 0 Å². The van der Waals surface area contributed by atoms with Crippen LogP contribution < -0.4 is 20.7 Å².